The Morgan fingerprint density at radius 1 is 1.13 bits per heavy atom. The predicted octanol–water partition coefficient (Wildman–Crippen LogP) is 4.65. The molecule has 0 fully saturated rings. The lowest BCUT2D eigenvalue weighted by molar-refractivity contribution is -0.167. The third kappa shape index (κ3) is 3.29. The quantitative estimate of drug-likeness (QED) is 0.738. The van der Waals surface area contributed by atoms with Crippen LogP contribution in [0.1, 0.15) is 0 Å². The Balaban J connectivity index is 1.92. The fraction of sp³-hybridized carbons (Fsp3) is 0.0667. The number of hydrogen-bond acceptors (Lipinski definition) is 3. The number of carbonyl (C=O) groups is 1. The lowest BCUT2D eigenvalue weighted by Gasteiger charge is -2.07. The lowest BCUT2D eigenvalue weighted by atomic mass is 10.2. The number of nitrogens with one attached hydrogen (secondary N) is 1. The smallest absolute Gasteiger partial charge is 0.436 e. The first-order valence-corrected chi connectivity index (χ1v) is 6.75. The molecule has 8 heteroatoms. The van der Waals surface area contributed by atoms with Crippen LogP contribution in [0.5, 0.6) is 0 Å². The number of fused-ring (bicyclic) bond motifs is 1. The van der Waals surface area contributed by atoms with Gasteiger partial charge in [0.15, 0.2) is 5.58 Å². The molecule has 1 heterocycles. The highest BCUT2D eigenvalue weighted by molar-refractivity contribution is 6.30. The van der Waals surface area contributed by atoms with Crippen LogP contribution in [0.4, 0.5) is 18.9 Å². The van der Waals surface area contributed by atoms with Crippen molar-refractivity contribution in [3.63, 3.8) is 0 Å². The summed E-state index contributed by atoms with van der Waals surface area (Å²) in [4.78, 5) is 15.2. The summed E-state index contributed by atoms with van der Waals surface area (Å²) in [6, 6.07) is 10.8. The van der Waals surface area contributed by atoms with Gasteiger partial charge >= 0.3 is 12.1 Å². The molecule has 0 bridgehead atoms. The molecule has 1 N–H and O–H groups in total. The van der Waals surface area contributed by atoms with Gasteiger partial charge in [0.25, 0.3) is 0 Å². The summed E-state index contributed by atoms with van der Waals surface area (Å²) < 4.78 is 42.3. The van der Waals surface area contributed by atoms with Crippen LogP contribution in [0.25, 0.3) is 22.6 Å². The van der Waals surface area contributed by atoms with E-state index in [0.29, 0.717) is 22.0 Å². The molecule has 118 valence electrons. The molecule has 3 rings (SSSR count). The number of halogens is 4. The van der Waals surface area contributed by atoms with Crippen molar-refractivity contribution in [2.45, 2.75) is 6.18 Å². The molecule has 0 aliphatic carbocycles. The monoisotopic (exact) mass is 340 g/mol. The predicted molar refractivity (Wildman–Crippen MR) is 79.1 cm³/mol. The molecule has 23 heavy (non-hydrogen) atoms. The van der Waals surface area contributed by atoms with Gasteiger partial charge in [0.1, 0.15) is 5.52 Å². The lowest BCUT2D eigenvalue weighted by Crippen LogP contribution is -2.29. The topological polar surface area (TPSA) is 55.1 Å². The average Bonchev–Trinajstić information content (AvgIpc) is 2.90. The van der Waals surface area contributed by atoms with Crippen LogP contribution in [-0.4, -0.2) is 17.1 Å². The van der Waals surface area contributed by atoms with Gasteiger partial charge in [-0.25, -0.2) is 4.98 Å². The Morgan fingerprint density at radius 2 is 1.83 bits per heavy atom. The van der Waals surface area contributed by atoms with Crippen molar-refractivity contribution in [1.29, 1.82) is 0 Å². The summed E-state index contributed by atoms with van der Waals surface area (Å²) in [5.41, 5.74) is 1.36. The minimum Gasteiger partial charge on any atom is -0.436 e. The van der Waals surface area contributed by atoms with Gasteiger partial charge in [0.05, 0.1) is 0 Å². The second kappa shape index (κ2) is 5.58. The van der Waals surface area contributed by atoms with Crippen molar-refractivity contribution >= 4 is 34.3 Å². The Morgan fingerprint density at radius 3 is 2.48 bits per heavy atom. The minimum atomic E-state index is -4.95. The molecule has 0 spiro atoms. The molecule has 3 aromatic rings. The molecule has 4 nitrogen and oxygen atoms in total. The van der Waals surface area contributed by atoms with Gasteiger partial charge in [-0.15, -0.1) is 0 Å². The number of carbonyl (C=O) groups excluding carboxylic acids is 1. The second-order valence-corrected chi connectivity index (χ2v) is 5.10. The van der Waals surface area contributed by atoms with Gasteiger partial charge in [-0.1, -0.05) is 11.6 Å². The third-order valence-corrected chi connectivity index (χ3v) is 3.25. The first-order valence-electron chi connectivity index (χ1n) is 6.37. The van der Waals surface area contributed by atoms with Gasteiger partial charge in [-0.3, -0.25) is 4.79 Å². The van der Waals surface area contributed by atoms with E-state index in [4.69, 9.17) is 16.0 Å². The Bertz CT molecular complexity index is 873. The number of benzene rings is 2. The molecule has 0 aliphatic heterocycles. The van der Waals surface area contributed by atoms with Gasteiger partial charge < -0.3 is 9.73 Å². The molecule has 0 saturated heterocycles. The van der Waals surface area contributed by atoms with E-state index in [-0.39, 0.29) is 11.3 Å². The first kappa shape index (κ1) is 15.4. The van der Waals surface area contributed by atoms with Gasteiger partial charge in [0.2, 0.25) is 5.89 Å². The number of nitrogens with zero attached hydrogens (tertiary/aromatic N) is 1. The summed E-state index contributed by atoms with van der Waals surface area (Å²) >= 11 is 5.80. The average molecular weight is 341 g/mol. The molecule has 0 radical (unpaired) electrons. The fourth-order valence-corrected chi connectivity index (χ4v) is 2.05. The van der Waals surface area contributed by atoms with E-state index in [2.05, 4.69) is 4.98 Å². The molecule has 2 aromatic carbocycles. The number of anilines is 1. The van der Waals surface area contributed by atoms with Crippen LogP contribution in [0.3, 0.4) is 0 Å². The highest BCUT2D eigenvalue weighted by atomic mass is 35.5. The molecular formula is C15H8ClF3N2O2. The standard InChI is InChI=1S/C15H8ClF3N2O2/c16-9-3-1-8(2-4-9)13-21-11-6-5-10(7-12(11)23-13)20-14(22)15(17,18)19/h1-7H,(H,20,22). The largest absolute Gasteiger partial charge is 0.471 e. The summed E-state index contributed by atoms with van der Waals surface area (Å²) in [6.45, 7) is 0. The van der Waals surface area contributed by atoms with Crippen molar-refractivity contribution in [2.75, 3.05) is 5.32 Å². The summed E-state index contributed by atoms with van der Waals surface area (Å²) in [6.07, 6.45) is -4.95. The van der Waals surface area contributed by atoms with Gasteiger partial charge in [0, 0.05) is 22.3 Å². The van der Waals surface area contributed by atoms with Crippen molar-refractivity contribution in [2.24, 2.45) is 0 Å². The van der Waals surface area contributed by atoms with Crippen LogP contribution in [0.2, 0.25) is 5.02 Å². The molecule has 1 amide bonds. The van der Waals surface area contributed by atoms with Crippen molar-refractivity contribution in [1.82, 2.24) is 4.98 Å². The number of amides is 1. The summed E-state index contributed by atoms with van der Waals surface area (Å²) in [5, 5.41) is 2.32. The molecule has 1 aromatic heterocycles. The Kier molecular flexibility index (Phi) is 3.73. The first-order chi connectivity index (χ1) is 10.8. The maximum absolute atomic E-state index is 12.2. The molecule has 0 saturated carbocycles. The van der Waals surface area contributed by atoms with E-state index in [0.717, 1.165) is 0 Å². The molecule has 0 atom stereocenters. The summed E-state index contributed by atoms with van der Waals surface area (Å²) in [7, 11) is 0. The second-order valence-electron chi connectivity index (χ2n) is 4.66. The van der Waals surface area contributed by atoms with Crippen LogP contribution in [0, 0.1) is 0 Å². The van der Waals surface area contributed by atoms with E-state index in [1.165, 1.54) is 18.2 Å². The minimum absolute atomic E-state index is 0.0290. The number of hydrogen-bond donors (Lipinski definition) is 1. The maximum Gasteiger partial charge on any atom is 0.471 e. The molecule has 0 aliphatic rings. The van der Waals surface area contributed by atoms with Crippen molar-refractivity contribution < 1.29 is 22.4 Å². The Labute approximate surface area is 132 Å². The van der Waals surface area contributed by atoms with Gasteiger partial charge in [-0.05, 0) is 36.4 Å². The van der Waals surface area contributed by atoms with Crippen molar-refractivity contribution in [3.8, 4) is 11.5 Å². The summed E-state index contributed by atoms with van der Waals surface area (Å²) in [5.74, 6) is -1.75. The zero-order chi connectivity index (χ0) is 16.6. The van der Waals surface area contributed by atoms with E-state index in [1.54, 1.807) is 29.6 Å². The highest BCUT2D eigenvalue weighted by Crippen LogP contribution is 2.27. The van der Waals surface area contributed by atoms with Crippen LogP contribution in [-0.2, 0) is 4.79 Å². The molecule has 0 unspecified atom stereocenters. The van der Waals surface area contributed by atoms with E-state index in [9.17, 15) is 18.0 Å². The van der Waals surface area contributed by atoms with Crippen LogP contribution in [0.15, 0.2) is 46.9 Å². The maximum atomic E-state index is 12.2. The number of alkyl halides is 3. The highest BCUT2D eigenvalue weighted by Gasteiger charge is 2.38. The fourth-order valence-electron chi connectivity index (χ4n) is 1.92. The Hall–Kier alpha value is -2.54. The SMILES string of the molecule is O=C(Nc1ccc2nc(-c3ccc(Cl)cc3)oc2c1)C(F)(F)F. The zero-order valence-electron chi connectivity index (χ0n) is 11.3. The van der Waals surface area contributed by atoms with E-state index in [1.807, 2.05) is 0 Å². The van der Waals surface area contributed by atoms with E-state index < -0.39 is 12.1 Å². The number of aromatic nitrogens is 1. The number of rotatable bonds is 2. The van der Waals surface area contributed by atoms with E-state index >= 15 is 0 Å². The normalized spacial score (nSPS) is 11.7. The molecular weight excluding hydrogens is 333 g/mol. The number of oxazole rings is 1. The zero-order valence-corrected chi connectivity index (χ0v) is 12.1. The van der Waals surface area contributed by atoms with Gasteiger partial charge in [-0.2, -0.15) is 13.2 Å². The van der Waals surface area contributed by atoms with Crippen LogP contribution >= 0.6 is 11.6 Å². The van der Waals surface area contributed by atoms with Crippen molar-refractivity contribution in [3.05, 3.63) is 47.5 Å². The third-order valence-electron chi connectivity index (χ3n) is 2.99. The van der Waals surface area contributed by atoms with Crippen LogP contribution < -0.4 is 5.32 Å².